The van der Waals surface area contributed by atoms with Gasteiger partial charge in [-0.15, -0.1) is 6.42 Å². The number of carbonyl (C=O) groups excluding carboxylic acids is 3. The molecular weight excluding hydrogens is 929 g/mol. The van der Waals surface area contributed by atoms with E-state index in [0.29, 0.717) is 51.0 Å². The average Bonchev–Trinajstić information content (AvgIpc) is 4.10. The predicted octanol–water partition coefficient (Wildman–Crippen LogP) is 8.22. The van der Waals surface area contributed by atoms with Crippen molar-refractivity contribution in [1.29, 1.82) is 0 Å². The number of imidazole rings is 2. The molecule has 362 valence electrons. The molecule has 72 heavy (non-hydrogen) atoms. The number of benzene rings is 6. The maximum absolute atomic E-state index is 15.2. The number of carbonyl (C=O) groups is 4. The van der Waals surface area contributed by atoms with Crippen molar-refractivity contribution in [3.05, 3.63) is 178 Å². The van der Waals surface area contributed by atoms with Crippen LogP contribution in [0.15, 0.2) is 127 Å². The second kappa shape index (κ2) is 18.7. The predicted molar refractivity (Wildman–Crippen MR) is 262 cm³/mol. The number of nitrogens with one attached hydrogen (secondary N) is 4. The van der Waals surface area contributed by atoms with Gasteiger partial charge in [-0.2, -0.15) is 0 Å². The number of H-pyrrole nitrogens is 2. The minimum absolute atomic E-state index is 0.00541. The van der Waals surface area contributed by atoms with Gasteiger partial charge in [0.25, 0.3) is 11.8 Å². The van der Waals surface area contributed by atoms with Crippen LogP contribution < -0.4 is 20.4 Å². The van der Waals surface area contributed by atoms with Crippen molar-refractivity contribution in [2.24, 2.45) is 0 Å². The van der Waals surface area contributed by atoms with E-state index in [1.165, 1.54) is 72.7 Å². The van der Waals surface area contributed by atoms with E-state index in [4.69, 9.17) is 16.3 Å². The first-order valence-electron chi connectivity index (χ1n) is 22.8. The molecule has 5 heterocycles. The summed E-state index contributed by atoms with van der Waals surface area (Å²) < 4.78 is 34.2. The number of hydrogen-bond donors (Lipinski definition) is 7. The number of terminal acetylenes is 1. The Labute approximate surface area is 408 Å². The van der Waals surface area contributed by atoms with E-state index in [2.05, 4.69) is 41.4 Å². The van der Waals surface area contributed by atoms with Gasteiger partial charge in [0.1, 0.15) is 12.4 Å². The fourth-order valence-corrected chi connectivity index (χ4v) is 9.52. The SMILES string of the molecule is C#Cc1cccc(N2C(=O)c3ccccc3C2(O)c2ccc3[nH]c(NC(=O)O)nc3c2)c1F.O=C(Nc1nc2cc(C3(O)c4ccccc4C(=O)N3c3ccc(F)cc3)ccc2[nH]1)OCCN1CCCCC1. The van der Waals surface area contributed by atoms with Crippen LogP contribution in [0.5, 0.6) is 0 Å². The highest BCUT2D eigenvalue weighted by Crippen LogP contribution is 2.47. The molecule has 7 N–H and O–H groups in total. The number of fused-ring (bicyclic) bond motifs is 4. The molecule has 0 radical (unpaired) electrons. The number of aromatic nitrogens is 4. The number of hydrogen-bond acceptors (Lipinski definition) is 10. The lowest BCUT2D eigenvalue weighted by Gasteiger charge is -2.35. The van der Waals surface area contributed by atoms with Gasteiger partial charge >= 0.3 is 12.2 Å². The first-order chi connectivity index (χ1) is 34.8. The maximum Gasteiger partial charge on any atom is 0.414 e. The molecule has 0 aliphatic carbocycles. The fraction of sp³-hybridized carbons (Fsp3) is 0.170. The van der Waals surface area contributed by atoms with E-state index in [1.807, 2.05) is 0 Å². The van der Waals surface area contributed by atoms with Crippen molar-refractivity contribution in [2.45, 2.75) is 30.7 Å². The Kier molecular flexibility index (Phi) is 12.2. The molecule has 11 rings (SSSR count). The van der Waals surface area contributed by atoms with Gasteiger partial charge in [0.05, 0.1) is 33.3 Å². The third-order valence-corrected chi connectivity index (χ3v) is 12.9. The number of rotatable bonds is 9. The first-order valence-corrected chi connectivity index (χ1v) is 22.8. The molecule has 2 unspecified atom stereocenters. The highest BCUT2D eigenvalue weighted by molar-refractivity contribution is 6.13. The van der Waals surface area contributed by atoms with Gasteiger partial charge in [0, 0.05) is 45.6 Å². The van der Waals surface area contributed by atoms with E-state index >= 15 is 4.39 Å². The van der Waals surface area contributed by atoms with Crippen LogP contribution in [0.1, 0.15) is 67.8 Å². The monoisotopic (exact) mass is 971 g/mol. The van der Waals surface area contributed by atoms with Gasteiger partial charge in [-0.25, -0.2) is 28.3 Å². The number of aliphatic hydroxyl groups is 2. The van der Waals surface area contributed by atoms with Gasteiger partial charge in [-0.1, -0.05) is 66.9 Å². The van der Waals surface area contributed by atoms with Gasteiger partial charge in [-0.3, -0.25) is 34.9 Å². The van der Waals surface area contributed by atoms with Crippen LogP contribution in [-0.2, 0) is 16.2 Å². The van der Waals surface area contributed by atoms with Gasteiger partial charge in [0.15, 0.2) is 17.3 Å². The summed E-state index contributed by atoms with van der Waals surface area (Å²) in [6.45, 7) is 3.03. The molecule has 0 spiro atoms. The van der Waals surface area contributed by atoms with Gasteiger partial charge in [-0.05, 0) is 98.7 Å². The number of ether oxygens (including phenoxy) is 1. The van der Waals surface area contributed by atoms with E-state index in [0.717, 1.165) is 18.0 Å². The summed E-state index contributed by atoms with van der Waals surface area (Å²) in [5.74, 6) is 0.172. The minimum Gasteiger partial charge on any atom is -0.465 e. The number of halogens is 2. The summed E-state index contributed by atoms with van der Waals surface area (Å²) in [7, 11) is 0. The topological polar surface area (TPSA) is 229 Å². The highest BCUT2D eigenvalue weighted by Gasteiger charge is 2.52. The summed E-state index contributed by atoms with van der Waals surface area (Å²) >= 11 is 0. The number of carboxylic acid groups (broad SMARTS) is 1. The largest absolute Gasteiger partial charge is 0.465 e. The van der Waals surface area contributed by atoms with Crippen LogP contribution in [0.2, 0.25) is 0 Å². The molecule has 0 bridgehead atoms. The zero-order chi connectivity index (χ0) is 50.3. The summed E-state index contributed by atoms with van der Waals surface area (Å²) in [6, 6.07) is 32.6. The lowest BCUT2D eigenvalue weighted by atomic mass is 9.93. The third kappa shape index (κ3) is 8.28. The van der Waals surface area contributed by atoms with E-state index < -0.39 is 47.1 Å². The van der Waals surface area contributed by atoms with Crippen LogP contribution in [0.25, 0.3) is 22.1 Å². The maximum atomic E-state index is 15.2. The van der Waals surface area contributed by atoms with Crippen molar-refractivity contribution in [3.63, 3.8) is 0 Å². The summed E-state index contributed by atoms with van der Waals surface area (Å²) in [5.41, 5.74) is -0.0490. The number of nitrogens with zero attached hydrogens (tertiary/aromatic N) is 5. The molecule has 1 saturated heterocycles. The van der Waals surface area contributed by atoms with Crippen molar-refractivity contribution in [1.82, 2.24) is 24.8 Å². The minimum atomic E-state index is -2.07. The molecule has 3 aliphatic heterocycles. The van der Waals surface area contributed by atoms with Crippen molar-refractivity contribution >= 4 is 69.3 Å². The molecule has 2 atom stereocenters. The molecule has 4 amide bonds. The Bertz CT molecular complexity index is 3500. The van der Waals surface area contributed by atoms with E-state index in [-0.39, 0.29) is 46.4 Å². The average molecular weight is 972 g/mol. The Morgan fingerprint density at radius 3 is 1.85 bits per heavy atom. The molecule has 17 nitrogen and oxygen atoms in total. The highest BCUT2D eigenvalue weighted by atomic mass is 19.1. The summed E-state index contributed by atoms with van der Waals surface area (Å²) in [5, 5.41) is 37.9. The molecule has 0 saturated carbocycles. The smallest absolute Gasteiger partial charge is 0.414 e. The fourth-order valence-electron chi connectivity index (χ4n) is 9.52. The Hall–Kier alpha value is -8.96. The number of piperidine rings is 1. The summed E-state index contributed by atoms with van der Waals surface area (Å²) in [4.78, 5) is 69.0. The quantitative estimate of drug-likeness (QED) is 0.0682. The van der Waals surface area contributed by atoms with E-state index in [9.17, 15) is 33.8 Å². The van der Waals surface area contributed by atoms with Gasteiger partial charge < -0.3 is 30.0 Å². The normalized spacial score (nSPS) is 18.3. The standard InChI is InChI=1S/C29H28FN5O4.C24H15FN4O4/c30-20-9-11-21(12-10-20)35-26(36)22-6-2-3-7-23(22)29(35,38)19-8-13-24-25(18-19)32-27(31-24)33-28(37)39-17-16-34-14-4-1-5-15-34;1-2-13-6-5-9-19(20(13)25)29-21(30)15-7-3-4-8-16(15)24(29,33)14-10-11-17-18(12-14)27-22(26-17)28-23(31)32/h2-3,6-13,18,38H,1,4-5,14-17H2,(H2,31,32,33,37);1,3-12,33H,(H,31,32)(H2,26,27,28). The molecule has 19 heteroatoms. The number of aromatic amines is 2. The summed E-state index contributed by atoms with van der Waals surface area (Å²) in [6.07, 6.45) is 7.08. The van der Waals surface area contributed by atoms with Crippen molar-refractivity contribution in [3.8, 4) is 12.3 Å². The van der Waals surface area contributed by atoms with E-state index in [1.54, 1.807) is 78.9 Å². The zero-order valence-corrected chi connectivity index (χ0v) is 38.0. The number of likely N-dealkylation sites (tertiary alicyclic amines) is 1. The van der Waals surface area contributed by atoms with Crippen LogP contribution in [0, 0.1) is 24.0 Å². The Morgan fingerprint density at radius 1 is 0.708 bits per heavy atom. The van der Waals surface area contributed by atoms with Crippen molar-refractivity contribution in [2.75, 3.05) is 46.7 Å². The first kappa shape index (κ1) is 46.8. The molecule has 1 fully saturated rings. The van der Waals surface area contributed by atoms with Gasteiger partial charge in [0.2, 0.25) is 11.9 Å². The zero-order valence-electron chi connectivity index (χ0n) is 38.0. The lowest BCUT2D eigenvalue weighted by molar-refractivity contribution is 0.0691. The Balaban J connectivity index is 0.000000168. The molecule has 3 aliphatic rings. The van der Waals surface area contributed by atoms with Crippen LogP contribution in [0.4, 0.5) is 41.6 Å². The number of amides is 4. The molecular formula is C53H43F2N9O8. The van der Waals surface area contributed by atoms with Crippen LogP contribution in [-0.4, -0.2) is 90.4 Å². The van der Waals surface area contributed by atoms with Crippen molar-refractivity contribution < 1.29 is 48.0 Å². The second-order valence-electron chi connectivity index (χ2n) is 17.2. The molecule has 2 aromatic heterocycles. The van der Waals surface area contributed by atoms with Crippen LogP contribution in [0.3, 0.4) is 0 Å². The molecule has 8 aromatic rings. The lowest BCUT2D eigenvalue weighted by Crippen LogP contribution is -2.45. The molecule has 6 aromatic carbocycles. The number of anilines is 4. The third-order valence-electron chi connectivity index (χ3n) is 12.9. The Morgan fingerprint density at radius 2 is 1.26 bits per heavy atom. The second-order valence-corrected chi connectivity index (χ2v) is 17.2. The van der Waals surface area contributed by atoms with Crippen LogP contribution >= 0.6 is 0 Å².